The van der Waals surface area contributed by atoms with E-state index in [0.717, 1.165) is 0 Å². The molecule has 0 unspecified atom stereocenters. The van der Waals surface area contributed by atoms with Gasteiger partial charge in [0.05, 0.1) is 23.4 Å². The van der Waals surface area contributed by atoms with Crippen molar-refractivity contribution in [1.29, 1.82) is 0 Å². The highest BCUT2D eigenvalue weighted by Gasteiger charge is 2.32. The number of ether oxygens (including phenoxy) is 2. The van der Waals surface area contributed by atoms with Gasteiger partial charge in [0.2, 0.25) is 0 Å². The fourth-order valence-electron chi connectivity index (χ4n) is 2.91. The molecule has 2 heterocycles. The lowest BCUT2D eigenvalue weighted by atomic mass is 10.2. The highest BCUT2D eigenvalue weighted by Crippen LogP contribution is 2.27. The molecule has 0 aliphatic carbocycles. The van der Waals surface area contributed by atoms with Crippen LogP contribution < -0.4 is 5.32 Å². The van der Waals surface area contributed by atoms with Crippen molar-refractivity contribution in [2.24, 2.45) is 0 Å². The van der Waals surface area contributed by atoms with Gasteiger partial charge < -0.3 is 14.8 Å². The first-order valence-corrected chi connectivity index (χ1v) is 10.8. The molecule has 0 spiro atoms. The summed E-state index contributed by atoms with van der Waals surface area (Å²) in [4.78, 5) is 38.5. The zero-order valence-corrected chi connectivity index (χ0v) is 19.4. The van der Waals surface area contributed by atoms with E-state index in [1.54, 1.807) is 55.1 Å². The molecular weight excluding hydrogens is 482 g/mol. The minimum atomic E-state index is -0.791. The van der Waals surface area contributed by atoms with E-state index in [-0.39, 0.29) is 36.0 Å². The van der Waals surface area contributed by atoms with Crippen LogP contribution in [0.25, 0.3) is 5.69 Å². The van der Waals surface area contributed by atoms with E-state index in [1.807, 2.05) is 6.92 Å². The third-order valence-electron chi connectivity index (χ3n) is 4.32. The van der Waals surface area contributed by atoms with E-state index < -0.39 is 17.8 Å². The molecule has 0 saturated carbocycles. The third kappa shape index (κ3) is 4.72. The van der Waals surface area contributed by atoms with Crippen LogP contribution in [0.15, 0.2) is 41.0 Å². The summed E-state index contributed by atoms with van der Waals surface area (Å²) in [5, 5.41) is 11.1. The number of hydrogen-bond acceptors (Lipinski definition) is 7. The second kappa shape index (κ2) is 10.2. The Bertz CT molecular complexity index is 1140. The van der Waals surface area contributed by atoms with E-state index in [9.17, 15) is 14.4 Å². The molecule has 0 radical (unpaired) electrons. The van der Waals surface area contributed by atoms with Gasteiger partial charge in [0.1, 0.15) is 5.69 Å². The van der Waals surface area contributed by atoms with E-state index in [0.29, 0.717) is 16.7 Å². The quantitative estimate of drug-likeness (QED) is 0.467. The van der Waals surface area contributed by atoms with Crippen LogP contribution in [0.5, 0.6) is 0 Å². The number of amides is 1. The van der Waals surface area contributed by atoms with Crippen molar-refractivity contribution in [2.45, 2.75) is 27.3 Å². The van der Waals surface area contributed by atoms with Crippen LogP contribution in [0.1, 0.15) is 52.2 Å². The molecule has 0 bridgehead atoms. The van der Waals surface area contributed by atoms with E-state index >= 15 is 0 Å². The molecule has 11 heteroatoms. The number of aryl methyl sites for hydroxylation is 1. The number of carbonyl (C=O) groups is 3. The molecule has 32 heavy (non-hydrogen) atoms. The zero-order chi connectivity index (χ0) is 23.3. The van der Waals surface area contributed by atoms with Gasteiger partial charge >= 0.3 is 11.9 Å². The highest BCUT2D eigenvalue weighted by molar-refractivity contribution is 9.10. The molecule has 3 aromatic rings. The molecule has 1 amide bonds. The molecule has 1 N–H and O–H groups in total. The predicted molar refractivity (Wildman–Crippen MR) is 119 cm³/mol. The van der Waals surface area contributed by atoms with Gasteiger partial charge in [0.15, 0.2) is 17.1 Å². The fraction of sp³-hybridized carbons (Fsp3) is 0.286. The maximum Gasteiger partial charge on any atom is 0.361 e. The maximum absolute atomic E-state index is 13.0. The van der Waals surface area contributed by atoms with Gasteiger partial charge in [-0.25, -0.2) is 14.3 Å². The first-order chi connectivity index (χ1) is 15.4. The van der Waals surface area contributed by atoms with Crippen molar-refractivity contribution < 1.29 is 23.9 Å². The van der Waals surface area contributed by atoms with Gasteiger partial charge in [-0.3, -0.25) is 9.48 Å². The molecule has 0 aliphatic heterocycles. The average Bonchev–Trinajstić information content (AvgIpc) is 3.35. The lowest BCUT2D eigenvalue weighted by Crippen LogP contribution is -2.20. The Hall–Kier alpha value is -3.47. The van der Waals surface area contributed by atoms with E-state index in [1.165, 1.54) is 4.68 Å². The summed E-state index contributed by atoms with van der Waals surface area (Å²) >= 11 is 3.31. The van der Waals surface area contributed by atoms with Crippen LogP contribution >= 0.6 is 15.9 Å². The Balaban J connectivity index is 2.17. The lowest BCUT2D eigenvalue weighted by Gasteiger charge is -2.09. The topological polar surface area (TPSA) is 117 Å². The number of esters is 2. The monoisotopic (exact) mass is 503 g/mol. The second-order valence-corrected chi connectivity index (χ2v) is 7.25. The summed E-state index contributed by atoms with van der Waals surface area (Å²) < 4.78 is 13.6. The molecule has 0 fully saturated rings. The predicted octanol–water partition coefficient (Wildman–Crippen LogP) is 3.46. The molecule has 1 aromatic carbocycles. The number of rotatable bonds is 8. The van der Waals surface area contributed by atoms with Crippen molar-refractivity contribution in [3.63, 3.8) is 0 Å². The van der Waals surface area contributed by atoms with Gasteiger partial charge in [-0.05, 0) is 48.8 Å². The van der Waals surface area contributed by atoms with Crippen LogP contribution in [0, 0.1) is 0 Å². The van der Waals surface area contributed by atoms with Crippen molar-refractivity contribution >= 4 is 39.5 Å². The lowest BCUT2D eigenvalue weighted by molar-refractivity contribution is 0.0510. The minimum absolute atomic E-state index is 0.0870. The maximum atomic E-state index is 13.0. The molecule has 0 atom stereocenters. The number of hydrogen-bond donors (Lipinski definition) is 1. The van der Waals surface area contributed by atoms with Crippen LogP contribution in [0.4, 0.5) is 5.69 Å². The highest BCUT2D eigenvalue weighted by atomic mass is 79.9. The number of nitrogens with zero attached hydrogens (tertiary/aromatic N) is 4. The van der Waals surface area contributed by atoms with Gasteiger partial charge in [-0.2, -0.15) is 10.2 Å². The molecule has 0 aliphatic rings. The summed E-state index contributed by atoms with van der Waals surface area (Å²) in [6.07, 6.45) is 1.65. The Morgan fingerprint density at radius 2 is 1.62 bits per heavy atom. The molecule has 3 rings (SSSR count). The first kappa shape index (κ1) is 23.2. The van der Waals surface area contributed by atoms with Crippen LogP contribution in [-0.4, -0.2) is 50.6 Å². The Morgan fingerprint density at radius 3 is 2.22 bits per heavy atom. The summed E-state index contributed by atoms with van der Waals surface area (Å²) in [6, 6.07) is 8.71. The smallest absolute Gasteiger partial charge is 0.361 e. The van der Waals surface area contributed by atoms with Gasteiger partial charge in [-0.1, -0.05) is 18.2 Å². The number of benzene rings is 1. The van der Waals surface area contributed by atoms with Crippen LogP contribution in [0.2, 0.25) is 0 Å². The summed E-state index contributed by atoms with van der Waals surface area (Å²) in [7, 11) is 0. The standard InChI is InChI=1S/C21H22BrN5O5/c1-4-26-12-14(22)15(24-26)19(28)23-16-17(20(29)31-5-2)25-27(13-10-8-7-9-11-13)18(16)21(30)32-6-3/h7-12H,4-6H2,1-3H3,(H,23,28). The fourth-order valence-corrected chi connectivity index (χ4v) is 3.40. The largest absolute Gasteiger partial charge is 0.461 e. The Morgan fingerprint density at radius 1 is 0.969 bits per heavy atom. The number of anilines is 1. The number of aromatic nitrogens is 4. The van der Waals surface area contributed by atoms with Gasteiger partial charge in [0.25, 0.3) is 5.91 Å². The average molecular weight is 504 g/mol. The summed E-state index contributed by atoms with van der Waals surface area (Å²) in [5.74, 6) is -2.18. The molecule has 10 nitrogen and oxygen atoms in total. The number of para-hydroxylation sites is 1. The summed E-state index contributed by atoms with van der Waals surface area (Å²) in [5.41, 5.74) is 0.134. The third-order valence-corrected chi connectivity index (χ3v) is 4.90. The van der Waals surface area contributed by atoms with E-state index in [4.69, 9.17) is 9.47 Å². The molecule has 2 aromatic heterocycles. The summed E-state index contributed by atoms with van der Waals surface area (Å²) in [6.45, 7) is 5.91. The number of carbonyl (C=O) groups excluding carboxylic acids is 3. The molecule has 0 saturated heterocycles. The zero-order valence-electron chi connectivity index (χ0n) is 17.8. The second-order valence-electron chi connectivity index (χ2n) is 6.40. The van der Waals surface area contributed by atoms with Crippen molar-refractivity contribution in [3.05, 3.63) is 58.1 Å². The van der Waals surface area contributed by atoms with E-state index in [2.05, 4.69) is 31.4 Å². The van der Waals surface area contributed by atoms with Crippen molar-refractivity contribution in [3.8, 4) is 5.69 Å². The number of halogens is 1. The Labute approximate surface area is 192 Å². The van der Waals surface area contributed by atoms with Crippen molar-refractivity contribution in [1.82, 2.24) is 19.6 Å². The van der Waals surface area contributed by atoms with Gasteiger partial charge in [0, 0.05) is 12.7 Å². The normalized spacial score (nSPS) is 10.6. The van der Waals surface area contributed by atoms with Gasteiger partial charge in [-0.15, -0.1) is 0 Å². The number of nitrogens with one attached hydrogen (secondary N) is 1. The first-order valence-electron chi connectivity index (χ1n) is 9.98. The molecular formula is C21H22BrN5O5. The Kier molecular flexibility index (Phi) is 7.41. The SMILES string of the molecule is CCOC(=O)c1nn(-c2ccccc2)c(C(=O)OCC)c1NC(=O)c1nn(CC)cc1Br. The van der Waals surface area contributed by atoms with Crippen LogP contribution in [-0.2, 0) is 16.0 Å². The minimum Gasteiger partial charge on any atom is -0.461 e. The molecule has 168 valence electrons. The van der Waals surface area contributed by atoms with Crippen molar-refractivity contribution in [2.75, 3.05) is 18.5 Å². The van der Waals surface area contributed by atoms with Crippen LogP contribution in [0.3, 0.4) is 0 Å².